The first kappa shape index (κ1) is 20.3. The molecule has 11 heteroatoms. The maximum absolute atomic E-state index is 12.4. The van der Waals surface area contributed by atoms with E-state index in [1.807, 2.05) is 0 Å². The van der Waals surface area contributed by atoms with Crippen molar-refractivity contribution in [3.8, 4) is 0 Å². The van der Waals surface area contributed by atoms with Crippen LogP contribution in [0.15, 0.2) is 75.3 Å². The van der Waals surface area contributed by atoms with Crippen LogP contribution >= 0.6 is 0 Å². The third-order valence-corrected chi connectivity index (χ3v) is 5.41. The lowest BCUT2D eigenvalue weighted by atomic mass is 10.1. The van der Waals surface area contributed by atoms with Gasteiger partial charge in [0.1, 0.15) is 5.76 Å². The zero-order valence-electron chi connectivity index (χ0n) is 16.0. The molecule has 5 N–H and O–H groups in total. The third-order valence-electron chi connectivity index (χ3n) is 4.48. The number of primary sulfonamides is 1. The van der Waals surface area contributed by atoms with Gasteiger partial charge in [0.25, 0.3) is 11.8 Å². The molecule has 0 unspecified atom stereocenters. The van der Waals surface area contributed by atoms with E-state index in [9.17, 15) is 18.0 Å². The molecule has 0 aliphatic carbocycles. The number of nitrogens with one attached hydrogen (secondary N) is 3. The average Bonchev–Trinajstić information content (AvgIpc) is 3.37. The molecule has 0 saturated carbocycles. The van der Waals surface area contributed by atoms with Crippen LogP contribution in [-0.4, -0.2) is 25.9 Å². The number of hydrazone groups is 1. The van der Waals surface area contributed by atoms with Gasteiger partial charge in [0.05, 0.1) is 29.1 Å². The van der Waals surface area contributed by atoms with E-state index in [2.05, 4.69) is 21.2 Å². The molecule has 1 aromatic heterocycles. The number of hydrogen-bond acceptors (Lipinski definition) is 7. The summed E-state index contributed by atoms with van der Waals surface area (Å²) in [5.74, 6) is -0.146. The number of carbonyl (C=O) groups is 2. The van der Waals surface area contributed by atoms with Crippen molar-refractivity contribution in [1.29, 1.82) is 0 Å². The van der Waals surface area contributed by atoms with Gasteiger partial charge in [-0.3, -0.25) is 15.0 Å². The molecule has 2 aromatic carbocycles. The minimum atomic E-state index is -3.80. The highest BCUT2D eigenvalue weighted by molar-refractivity contribution is 7.89. The van der Waals surface area contributed by atoms with E-state index in [0.717, 1.165) is 0 Å². The molecule has 0 atom stereocenters. The number of amides is 2. The van der Waals surface area contributed by atoms with Gasteiger partial charge in [0.2, 0.25) is 10.0 Å². The summed E-state index contributed by atoms with van der Waals surface area (Å²) in [4.78, 5) is 24.7. The van der Waals surface area contributed by atoms with Crippen LogP contribution in [0.4, 0.5) is 11.4 Å². The highest BCUT2D eigenvalue weighted by Gasteiger charge is 2.27. The molecule has 0 fully saturated rings. The van der Waals surface area contributed by atoms with Crippen molar-refractivity contribution in [1.82, 2.24) is 5.32 Å². The Balaban J connectivity index is 1.52. The molecule has 1 aliphatic rings. The second-order valence-corrected chi connectivity index (χ2v) is 8.18. The van der Waals surface area contributed by atoms with Gasteiger partial charge in [0.15, 0.2) is 5.71 Å². The van der Waals surface area contributed by atoms with Crippen LogP contribution in [0.1, 0.15) is 21.7 Å². The highest BCUT2D eigenvalue weighted by Crippen LogP contribution is 2.25. The van der Waals surface area contributed by atoms with Crippen LogP contribution in [0.5, 0.6) is 0 Å². The summed E-state index contributed by atoms with van der Waals surface area (Å²) >= 11 is 0. The summed E-state index contributed by atoms with van der Waals surface area (Å²) in [6.07, 6.45) is 1.52. The fraction of sp³-hybridized carbons (Fsp3) is 0.0500. The summed E-state index contributed by atoms with van der Waals surface area (Å²) in [6, 6.07) is 13.8. The third kappa shape index (κ3) is 4.47. The number of carbonyl (C=O) groups excluding carboxylic acids is 2. The van der Waals surface area contributed by atoms with Gasteiger partial charge in [-0.05, 0) is 54.6 Å². The predicted octanol–water partition coefficient (Wildman–Crippen LogP) is 1.63. The van der Waals surface area contributed by atoms with Crippen LogP contribution in [0.3, 0.4) is 0 Å². The Kier molecular flexibility index (Phi) is 5.28. The second kappa shape index (κ2) is 8.05. The average molecular weight is 439 g/mol. The van der Waals surface area contributed by atoms with E-state index in [0.29, 0.717) is 28.3 Å². The van der Waals surface area contributed by atoms with Crippen molar-refractivity contribution >= 4 is 38.9 Å². The van der Waals surface area contributed by atoms with Crippen molar-refractivity contribution in [2.24, 2.45) is 10.2 Å². The van der Waals surface area contributed by atoms with E-state index in [4.69, 9.17) is 9.56 Å². The maximum atomic E-state index is 12.4. The zero-order chi connectivity index (χ0) is 22.0. The molecule has 0 saturated heterocycles. The SMILES string of the molecule is NS(=O)(=O)c1ccc(NN=C2C(=O)Nc3ccc(C(=O)NCc4ccco4)cc32)cc1. The monoisotopic (exact) mass is 439 g/mol. The first-order valence-corrected chi connectivity index (χ1v) is 10.6. The minimum absolute atomic E-state index is 0.0418. The van der Waals surface area contributed by atoms with E-state index in [-0.39, 0.29) is 23.1 Å². The molecule has 4 rings (SSSR count). The molecular weight excluding hydrogens is 422 g/mol. The Morgan fingerprint density at radius 1 is 1.13 bits per heavy atom. The van der Waals surface area contributed by atoms with Gasteiger partial charge in [-0.2, -0.15) is 5.10 Å². The van der Waals surface area contributed by atoms with E-state index >= 15 is 0 Å². The molecule has 0 spiro atoms. The van der Waals surface area contributed by atoms with Gasteiger partial charge in [-0.25, -0.2) is 13.6 Å². The molecule has 2 amide bonds. The quantitative estimate of drug-likeness (QED) is 0.428. The van der Waals surface area contributed by atoms with Crippen molar-refractivity contribution in [3.63, 3.8) is 0 Å². The Bertz CT molecular complexity index is 1280. The van der Waals surface area contributed by atoms with Crippen LogP contribution in [0.25, 0.3) is 0 Å². The van der Waals surface area contributed by atoms with Crippen molar-refractivity contribution < 1.29 is 22.4 Å². The number of anilines is 2. The molecule has 2 heterocycles. The fourth-order valence-electron chi connectivity index (χ4n) is 2.93. The van der Waals surface area contributed by atoms with Gasteiger partial charge < -0.3 is 15.1 Å². The van der Waals surface area contributed by atoms with Crippen LogP contribution in [-0.2, 0) is 21.4 Å². The zero-order valence-corrected chi connectivity index (χ0v) is 16.8. The normalized spacial score (nSPS) is 14.2. The number of fused-ring (bicyclic) bond motifs is 1. The molecule has 158 valence electrons. The molecule has 31 heavy (non-hydrogen) atoms. The van der Waals surface area contributed by atoms with E-state index < -0.39 is 15.9 Å². The van der Waals surface area contributed by atoms with Gasteiger partial charge in [-0.1, -0.05) is 0 Å². The lowest BCUT2D eigenvalue weighted by molar-refractivity contribution is -0.110. The molecule has 10 nitrogen and oxygen atoms in total. The summed E-state index contributed by atoms with van der Waals surface area (Å²) in [5.41, 5.74) is 4.59. The fourth-order valence-corrected chi connectivity index (χ4v) is 3.44. The van der Waals surface area contributed by atoms with Crippen molar-refractivity contribution in [2.75, 3.05) is 10.7 Å². The number of furan rings is 1. The summed E-state index contributed by atoms with van der Waals surface area (Å²) < 4.78 is 27.8. The second-order valence-electron chi connectivity index (χ2n) is 6.62. The molecule has 3 aromatic rings. The summed E-state index contributed by atoms with van der Waals surface area (Å²) in [7, 11) is -3.80. The smallest absolute Gasteiger partial charge is 0.276 e. The van der Waals surface area contributed by atoms with Gasteiger partial charge in [0, 0.05) is 11.1 Å². The van der Waals surface area contributed by atoms with Crippen LogP contribution in [0.2, 0.25) is 0 Å². The Labute approximate surface area is 177 Å². The maximum Gasteiger partial charge on any atom is 0.276 e. The minimum Gasteiger partial charge on any atom is -0.467 e. The molecule has 0 radical (unpaired) electrons. The van der Waals surface area contributed by atoms with Gasteiger partial charge in [-0.15, -0.1) is 0 Å². The van der Waals surface area contributed by atoms with Crippen molar-refractivity contribution in [2.45, 2.75) is 11.4 Å². The van der Waals surface area contributed by atoms with Crippen molar-refractivity contribution in [3.05, 3.63) is 77.7 Å². The van der Waals surface area contributed by atoms with E-state index in [1.54, 1.807) is 30.3 Å². The van der Waals surface area contributed by atoms with E-state index in [1.165, 1.54) is 30.5 Å². The lowest BCUT2D eigenvalue weighted by Gasteiger charge is -2.06. The number of nitrogens with zero attached hydrogens (tertiary/aromatic N) is 1. The number of rotatable bonds is 6. The van der Waals surface area contributed by atoms with Crippen LogP contribution < -0.4 is 21.2 Å². The number of benzene rings is 2. The Hall–Kier alpha value is -3.96. The number of hydrogen-bond donors (Lipinski definition) is 4. The van der Waals surface area contributed by atoms with Gasteiger partial charge >= 0.3 is 0 Å². The van der Waals surface area contributed by atoms with Crippen LogP contribution in [0, 0.1) is 0 Å². The number of sulfonamides is 1. The molecular formula is C20H17N5O5S. The number of nitrogens with two attached hydrogens (primary N) is 1. The predicted molar refractivity (Wildman–Crippen MR) is 113 cm³/mol. The largest absolute Gasteiger partial charge is 0.467 e. The topological polar surface area (TPSA) is 156 Å². The summed E-state index contributed by atoms with van der Waals surface area (Å²) in [6.45, 7) is 0.233. The highest BCUT2D eigenvalue weighted by atomic mass is 32.2. The molecule has 0 bridgehead atoms. The molecule has 1 aliphatic heterocycles. The lowest BCUT2D eigenvalue weighted by Crippen LogP contribution is -2.22. The first-order chi connectivity index (χ1) is 14.8. The summed E-state index contributed by atoms with van der Waals surface area (Å²) in [5, 5.41) is 14.6. The Morgan fingerprint density at radius 2 is 1.90 bits per heavy atom. The standard InChI is InChI=1S/C20H17N5O5S/c21-31(28,29)15-6-4-13(5-7-15)24-25-18-16-10-12(3-8-17(16)23-20(18)27)19(26)22-11-14-2-1-9-30-14/h1-10,24H,11H2,(H,22,26)(H2,21,28,29)(H,23,25,27). The Morgan fingerprint density at radius 3 is 2.58 bits per heavy atom. The first-order valence-electron chi connectivity index (χ1n) is 9.04.